The summed E-state index contributed by atoms with van der Waals surface area (Å²) in [5.41, 5.74) is 5.97. The van der Waals surface area contributed by atoms with E-state index in [2.05, 4.69) is 13.8 Å². The van der Waals surface area contributed by atoms with Crippen LogP contribution in [0.15, 0.2) is 0 Å². The molecule has 0 heterocycles. The SMILES string of the molecule is CCCCCCCCCCCCCCCC(=S)OC(CN)CSC(=S)CCCCCCCCCCCCCCC. The maximum Gasteiger partial charge on any atom is 0.160 e. The average Bonchev–Trinajstić information content (AvgIpc) is 2.96. The zero-order chi connectivity index (χ0) is 29.4. The lowest BCUT2D eigenvalue weighted by molar-refractivity contribution is 0.220. The molecule has 0 aliphatic heterocycles. The van der Waals surface area contributed by atoms with Crippen LogP contribution in [0.4, 0.5) is 0 Å². The number of nitrogens with two attached hydrogens (primary N) is 1. The Kier molecular flexibility index (Phi) is 34.0. The molecule has 0 aromatic carbocycles. The minimum atomic E-state index is -0.0101. The summed E-state index contributed by atoms with van der Waals surface area (Å²) in [7, 11) is 0. The van der Waals surface area contributed by atoms with E-state index in [1.807, 2.05) is 0 Å². The maximum atomic E-state index is 6.01. The van der Waals surface area contributed by atoms with Gasteiger partial charge in [-0.15, -0.1) is 11.8 Å². The van der Waals surface area contributed by atoms with Gasteiger partial charge in [0.1, 0.15) is 6.10 Å². The fourth-order valence-electron chi connectivity index (χ4n) is 5.23. The van der Waals surface area contributed by atoms with Crippen LogP contribution in [0, 0.1) is 0 Å². The highest BCUT2D eigenvalue weighted by atomic mass is 32.2. The molecule has 0 radical (unpaired) electrons. The van der Waals surface area contributed by atoms with Crippen LogP contribution in [0.3, 0.4) is 0 Å². The van der Waals surface area contributed by atoms with E-state index in [1.165, 1.54) is 161 Å². The molecule has 1 atom stereocenters. The molecule has 0 aromatic rings. The van der Waals surface area contributed by atoms with E-state index in [4.69, 9.17) is 34.9 Å². The van der Waals surface area contributed by atoms with Gasteiger partial charge in [-0.05, 0) is 31.5 Å². The second-order valence-electron chi connectivity index (χ2n) is 12.0. The molecule has 0 bridgehead atoms. The van der Waals surface area contributed by atoms with E-state index in [0.29, 0.717) is 6.54 Å². The van der Waals surface area contributed by atoms with Crippen molar-refractivity contribution in [3.63, 3.8) is 0 Å². The smallest absolute Gasteiger partial charge is 0.160 e. The van der Waals surface area contributed by atoms with Gasteiger partial charge in [0.15, 0.2) is 5.05 Å². The van der Waals surface area contributed by atoms with Gasteiger partial charge in [-0.3, -0.25) is 0 Å². The van der Waals surface area contributed by atoms with E-state index < -0.39 is 0 Å². The topological polar surface area (TPSA) is 35.2 Å². The molecule has 0 aromatic heterocycles. The minimum Gasteiger partial charge on any atom is -0.482 e. The highest BCUT2D eigenvalue weighted by Gasteiger charge is 2.12. The van der Waals surface area contributed by atoms with Gasteiger partial charge >= 0.3 is 0 Å². The van der Waals surface area contributed by atoms with Crippen molar-refractivity contribution < 1.29 is 4.74 Å². The van der Waals surface area contributed by atoms with Crippen LogP contribution in [0.1, 0.15) is 194 Å². The summed E-state index contributed by atoms with van der Waals surface area (Å²) >= 11 is 12.9. The molecule has 0 saturated carbocycles. The summed E-state index contributed by atoms with van der Waals surface area (Å²) in [4.78, 5) is 0. The van der Waals surface area contributed by atoms with Crippen LogP contribution < -0.4 is 5.73 Å². The summed E-state index contributed by atoms with van der Waals surface area (Å²) < 4.78 is 7.11. The molecule has 0 aliphatic rings. The molecule has 0 spiro atoms. The van der Waals surface area contributed by atoms with E-state index in [-0.39, 0.29) is 6.10 Å². The van der Waals surface area contributed by atoms with Crippen LogP contribution in [0.5, 0.6) is 0 Å². The Morgan fingerprint density at radius 3 is 1.20 bits per heavy atom. The lowest BCUT2D eigenvalue weighted by Gasteiger charge is -2.18. The Balaban J connectivity index is 3.53. The largest absolute Gasteiger partial charge is 0.482 e. The van der Waals surface area contributed by atoms with E-state index in [0.717, 1.165) is 34.3 Å². The number of unbranched alkanes of at least 4 members (excludes halogenated alkanes) is 24. The quantitative estimate of drug-likeness (QED) is 0.0601. The third kappa shape index (κ3) is 31.2. The normalized spacial score (nSPS) is 12.1. The van der Waals surface area contributed by atoms with Gasteiger partial charge in [0.25, 0.3) is 0 Å². The van der Waals surface area contributed by atoms with Gasteiger partial charge in [-0.1, -0.05) is 180 Å². The molecule has 0 aliphatic carbocycles. The second-order valence-corrected chi connectivity index (χ2v) is 14.3. The lowest BCUT2D eigenvalue weighted by Crippen LogP contribution is -2.28. The van der Waals surface area contributed by atoms with E-state index in [9.17, 15) is 0 Å². The molecule has 0 amide bonds. The minimum absolute atomic E-state index is 0.0101. The van der Waals surface area contributed by atoms with Crippen LogP contribution >= 0.6 is 36.2 Å². The highest BCUT2D eigenvalue weighted by Crippen LogP contribution is 2.18. The standard InChI is InChI=1S/C35H69NOS3/c1-3-5-7-9-11-13-15-17-19-21-23-25-27-29-34(38)37-33(31-36)32-40-35(39)30-28-26-24-22-20-18-16-14-12-10-8-6-4-2/h33H,3-32,36H2,1-2H3. The molecule has 2 nitrogen and oxygen atoms in total. The predicted molar refractivity (Wildman–Crippen MR) is 192 cm³/mol. The fraction of sp³-hybridized carbons (Fsp3) is 0.943. The lowest BCUT2D eigenvalue weighted by atomic mass is 10.0. The van der Waals surface area contributed by atoms with E-state index >= 15 is 0 Å². The van der Waals surface area contributed by atoms with Gasteiger partial charge in [0.05, 0.1) is 0 Å². The summed E-state index contributed by atoms with van der Waals surface area (Å²) in [6, 6.07) is 0. The van der Waals surface area contributed by atoms with Gasteiger partial charge in [-0.25, -0.2) is 0 Å². The molecular weight excluding hydrogens is 547 g/mol. The number of hydrogen-bond acceptors (Lipinski definition) is 5. The van der Waals surface area contributed by atoms with Crippen molar-refractivity contribution in [3.8, 4) is 0 Å². The van der Waals surface area contributed by atoms with Crippen LogP contribution in [0.2, 0.25) is 0 Å². The number of thioether (sulfide) groups is 1. The van der Waals surface area contributed by atoms with Crippen molar-refractivity contribution >= 4 is 45.4 Å². The third-order valence-electron chi connectivity index (χ3n) is 7.96. The van der Waals surface area contributed by atoms with Crippen molar-refractivity contribution in [3.05, 3.63) is 0 Å². The number of hydrogen-bond donors (Lipinski definition) is 1. The molecule has 2 N–H and O–H groups in total. The first-order chi connectivity index (χ1) is 19.6. The Bertz CT molecular complexity index is 543. The molecule has 0 fully saturated rings. The van der Waals surface area contributed by atoms with Crippen molar-refractivity contribution in [2.45, 2.75) is 200 Å². The number of rotatable bonds is 32. The molecule has 0 saturated heterocycles. The average molecular weight is 616 g/mol. The molecule has 238 valence electrons. The summed E-state index contributed by atoms with van der Waals surface area (Å²) in [5, 5.41) is 0.738. The van der Waals surface area contributed by atoms with Gasteiger partial charge in [0.2, 0.25) is 0 Å². The zero-order valence-electron chi connectivity index (χ0n) is 27.0. The second kappa shape index (κ2) is 33.8. The monoisotopic (exact) mass is 615 g/mol. The summed E-state index contributed by atoms with van der Waals surface area (Å²) in [6.07, 6.45) is 37.7. The highest BCUT2D eigenvalue weighted by molar-refractivity contribution is 8.23. The van der Waals surface area contributed by atoms with Crippen molar-refractivity contribution in [1.29, 1.82) is 0 Å². The molecule has 40 heavy (non-hydrogen) atoms. The van der Waals surface area contributed by atoms with Crippen LogP contribution in [-0.4, -0.2) is 27.6 Å². The van der Waals surface area contributed by atoms with Crippen molar-refractivity contribution in [2.75, 3.05) is 12.3 Å². The Morgan fingerprint density at radius 2 is 0.850 bits per heavy atom. The van der Waals surface area contributed by atoms with Gasteiger partial charge in [-0.2, -0.15) is 0 Å². The van der Waals surface area contributed by atoms with E-state index in [1.54, 1.807) is 11.8 Å². The molecule has 5 heteroatoms. The number of ether oxygens (including phenoxy) is 1. The van der Waals surface area contributed by atoms with Crippen molar-refractivity contribution in [1.82, 2.24) is 0 Å². The van der Waals surface area contributed by atoms with Crippen molar-refractivity contribution in [2.24, 2.45) is 5.73 Å². The van der Waals surface area contributed by atoms with Gasteiger partial charge < -0.3 is 10.5 Å². The van der Waals surface area contributed by atoms with Crippen LogP contribution in [-0.2, 0) is 4.74 Å². The van der Waals surface area contributed by atoms with Crippen LogP contribution in [0.25, 0.3) is 0 Å². The Hall–Kier alpha value is 0.290. The predicted octanol–water partition coefficient (Wildman–Crippen LogP) is 12.7. The first-order valence-electron chi connectivity index (χ1n) is 17.7. The fourth-order valence-corrected chi connectivity index (χ4v) is 6.72. The molecular formula is C35H69NOS3. The molecule has 1 unspecified atom stereocenters. The number of thiocarbonyl (C=S) groups is 2. The molecule has 0 rings (SSSR count). The maximum absolute atomic E-state index is 6.01. The summed E-state index contributed by atoms with van der Waals surface area (Å²) in [5.74, 6) is 0.826. The first kappa shape index (κ1) is 40.3. The first-order valence-corrected chi connectivity index (χ1v) is 19.5. The third-order valence-corrected chi connectivity index (χ3v) is 9.88. The Labute approximate surface area is 266 Å². The summed E-state index contributed by atoms with van der Waals surface area (Å²) in [6.45, 7) is 5.08. The van der Waals surface area contributed by atoms with Gasteiger partial charge in [0, 0.05) is 22.9 Å². The zero-order valence-corrected chi connectivity index (χ0v) is 29.5. The Morgan fingerprint density at radius 1 is 0.525 bits per heavy atom.